The molecule has 0 spiro atoms. The molecule has 1 aromatic rings. The maximum absolute atomic E-state index is 4.28. The van der Waals surface area contributed by atoms with Gasteiger partial charge in [-0.25, -0.2) is 0 Å². The smallest absolute Gasteiger partial charge is 0.0654 e. The van der Waals surface area contributed by atoms with E-state index in [2.05, 4.69) is 44.0 Å². The van der Waals surface area contributed by atoms with Gasteiger partial charge in [-0.1, -0.05) is 26.0 Å². The Morgan fingerprint density at radius 3 is 2.46 bits per heavy atom. The predicted molar refractivity (Wildman–Crippen MR) is 59.1 cm³/mol. The summed E-state index contributed by atoms with van der Waals surface area (Å²) >= 11 is 0. The van der Waals surface area contributed by atoms with Gasteiger partial charge in [0, 0.05) is 6.21 Å². The monoisotopic (exact) mass is 175 g/mol. The quantitative estimate of drug-likeness (QED) is 0.605. The van der Waals surface area contributed by atoms with Crippen LogP contribution in [0, 0.1) is 6.92 Å². The molecule has 0 aromatic heterocycles. The fraction of sp³-hybridized carbons (Fsp3) is 0.417. The lowest BCUT2D eigenvalue weighted by molar-refractivity contribution is 0.865. The number of aryl methyl sites for hydroxylation is 1. The summed E-state index contributed by atoms with van der Waals surface area (Å²) in [5, 5.41) is 0. The van der Waals surface area contributed by atoms with Crippen molar-refractivity contribution < 1.29 is 0 Å². The normalized spacial score (nSPS) is 11.5. The molecule has 1 rings (SSSR count). The van der Waals surface area contributed by atoms with Crippen LogP contribution in [0.15, 0.2) is 23.2 Å². The molecule has 0 aliphatic carbocycles. The number of rotatable bonds is 2. The highest BCUT2D eigenvalue weighted by atomic mass is 14.7. The molecule has 0 unspecified atom stereocenters. The van der Waals surface area contributed by atoms with Gasteiger partial charge in [-0.2, -0.15) is 0 Å². The Morgan fingerprint density at radius 1 is 1.31 bits per heavy atom. The van der Waals surface area contributed by atoms with Gasteiger partial charge in [0.2, 0.25) is 0 Å². The molecule has 13 heavy (non-hydrogen) atoms. The highest BCUT2D eigenvalue weighted by Crippen LogP contribution is 2.23. The van der Waals surface area contributed by atoms with E-state index in [4.69, 9.17) is 0 Å². The van der Waals surface area contributed by atoms with Gasteiger partial charge in [-0.3, -0.25) is 4.99 Å². The Morgan fingerprint density at radius 2 is 2.00 bits per heavy atom. The van der Waals surface area contributed by atoms with Crippen molar-refractivity contribution >= 4 is 11.9 Å². The molecule has 0 saturated carbocycles. The molecule has 0 aliphatic heterocycles. The van der Waals surface area contributed by atoms with E-state index < -0.39 is 0 Å². The minimum atomic E-state index is 0.596. The zero-order chi connectivity index (χ0) is 9.84. The topological polar surface area (TPSA) is 12.4 Å². The first-order valence-corrected chi connectivity index (χ1v) is 4.74. The largest absolute Gasteiger partial charge is 0.261 e. The third-order valence-electron chi connectivity index (χ3n) is 2.16. The lowest BCUT2D eigenvalue weighted by Crippen LogP contribution is -1.87. The van der Waals surface area contributed by atoms with Gasteiger partial charge in [-0.05, 0) is 37.0 Å². The highest BCUT2D eigenvalue weighted by molar-refractivity contribution is 5.62. The summed E-state index contributed by atoms with van der Waals surface area (Å²) in [5.74, 6) is 0.596. The Balaban J connectivity index is 3.05. The molecule has 0 amide bonds. The van der Waals surface area contributed by atoms with Gasteiger partial charge in [0.25, 0.3) is 0 Å². The van der Waals surface area contributed by atoms with Crippen molar-refractivity contribution in [1.29, 1.82) is 0 Å². The second-order valence-electron chi connectivity index (χ2n) is 3.59. The Labute approximate surface area is 80.5 Å². The van der Waals surface area contributed by atoms with Crippen LogP contribution in [0.25, 0.3) is 0 Å². The average molecular weight is 175 g/mol. The van der Waals surface area contributed by atoms with Crippen LogP contribution in [0.4, 0.5) is 5.69 Å². The number of benzene rings is 1. The zero-order valence-corrected chi connectivity index (χ0v) is 8.83. The second kappa shape index (κ2) is 4.22. The van der Waals surface area contributed by atoms with Crippen LogP contribution < -0.4 is 0 Å². The summed E-state index contributed by atoms with van der Waals surface area (Å²) in [6.07, 6.45) is 1.83. The van der Waals surface area contributed by atoms with E-state index in [1.165, 1.54) is 11.1 Å². The van der Waals surface area contributed by atoms with Gasteiger partial charge < -0.3 is 0 Å². The van der Waals surface area contributed by atoms with Crippen molar-refractivity contribution in [2.45, 2.75) is 33.6 Å². The predicted octanol–water partition coefficient (Wildman–Crippen LogP) is 3.84. The molecule has 0 radical (unpaired) electrons. The van der Waals surface area contributed by atoms with Crippen molar-refractivity contribution in [1.82, 2.24) is 0 Å². The van der Waals surface area contributed by atoms with Gasteiger partial charge >= 0.3 is 0 Å². The molecular weight excluding hydrogens is 158 g/mol. The van der Waals surface area contributed by atoms with E-state index in [-0.39, 0.29) is 0 Å². The average Bonchev–Trinajstić information content (AvgIpc) is 2.08. The first-order chi connectivity index (χ1) is 6.15. The standard InChI is InChI=1S/C12H17N/c1-5-13-12-7-6-11(9(2)3)8-10(12)4/h5-9H,1-4H3/b13-5-. The maximum atomic E-state index is 4.28. The zero-order valence-electron chi connectivity index (χ0n) is 8.83. The second-order valence-corrected chi connectivity index (χ2v) is 3.59. The lowest BCUT2D eigenvalue weighted by atomic mass is 10.0. The van der Waals surface area contributed by atoms with E-state index in [1.807, 2.05) is 13.1 Å². The van der Waals surface area contributed by atoms with Gasteiger partial charge in [0.05, 0.1) is 5.69 Å². The molecule has 1 heteroatoms. The van der Waals surface area contributed by atoms with Crippen molar-refractivity contribution in [3.63, 3.8) is 0 Å². The number of hydrogen-bond acceptors (Lipinski definition) is 1. The van der Waals surface area contributed by atoms with E-state index in [0.29, 0.717) is 5.92 Å². The Kier molecular flexibility index (Phi) is 3.24. The van der Waals surface area contributed by atoms with Crippen LogP contribution in [-0.4, -0.2) is 6.21 Å². The Hall–Kier alpha value is -1.11. The number of nitrogens with zero attached hydrogens (tertiary/aromatic N) is 1. The van der Waals surface area contributed by atoms with Crippen LogP contribution in [0.2, 0.25) is 0 Å². The van der Waals surface area contributed by atoms with E-state index in [1.54, 1.807) is 0 Å². The van der Waals surface area contributed by atoms with Crippen molar-refractivity contribution in [2.24, 2.45) is 4.99 Å². The molecule has 1 aromatic carbocycles. The third-order valence-corrected chi connectivity index (χ3v) is 2.16. The Bertz CT molecular complexity index is 311. The minimum absolute atomic E-state index is 0.596. The molecule has 70 valence electrons. The number of hydrogen-bond donors (Lipinski definition) is 0. The molecule has 1 nitrogen and oxygen atoms in total. The fourth-order valence-electron chi connectivity index (χ4n) is 1.32. The molecule has 0 N–H and O–H groups in total. The van der Waals surface area contributed by atoms with Gasteiger partial charge in [0.15, 0.2) is 0 Å². The summed E-state index contributed by atoms with van der Waals surface area (Å²) in [5.41, 5.74) is 3.71. The third kappa shape index (κ3) is 2.41. The molecule has 0 aliphatic rings. The molecule has 0 bridgehead atoms. The van der Waals surface area contributed by atoms with E-state index >= 15 is 0 Å². The van der Waals surface area contributed by atoms with Crippen LogP contribution >= 0.6 is 0 Å². The van der Waals surface area contributed by atoms with Crippen LogP contribution in [0.5, 0.6) is 0 Å². The molecule has 0 heterocycles. The van der Waals surface area contributed by atoms with E-state index in [9.17, 15) is 0 Å². The highest BCUT2D eigenvalue weighted by Gasteiger charge is 2.01. The van der Waals surface area contributed by atoms with Gasteiger partial charge in [-0.15, -0.1) is 0 Å². The van der Waals surface area contributed by atoms with Crippen molar-refractivity contribution in [3.8, 4) is 0 Å². The SMILES string of the molecule is C/C=N\c1ccc(C(C)C)cc1C. The summed E-state index contributed by atoms with van der Waals surface area (Å²) in [6.45, 7) is 8.46. The van der Waals surface area contributed by atoms with Crippen LogP contribution in [-0.2, 0) is 0 Å². The fourth-order valence-corrected chi connectivity index (χ4v) is 1.32. The summed E-state index contributed by atoms with van der Waals surface area (Å²) in [7, 11) is 0. The number of aliphatic imine (C=N–C) groups is 1. The van der Waals surface area contributed by atoms with Gasteiger partial charge in [0.1, 0.15) is 0 Å². The van der Waals surface area contributed by atoms with Crippen molar-refractivity contribution in [3.05, 3.63) is 29.3 Å². The molecule has 0 saturated heterocycles. The lowest BCUT2D eigenvalue weighted by Gasteiger charge is -2.07. The van der Waals surface area contributed by atoms with E-state index in [0.717, 1.165) is 5.69 Å². The summed E-state index contributed by atoms with van der Waals surface area (Å²) in [4.78, 5) is 4.28. The van der Waals surface area contributed by atoms with Crippen LogP contribution in [0.1, 0.15) is 37.8 Å². The van der Waals surface area contributed by atoms with Crippen LogP contribution in [0.3, 0.4) is 0 Å². The molecule has 0 atom stereocenters. The maximum Gasteiger partial charge on any atom is 0.0654 e. The first kappa shape index (κ1) is 9.97. The van der Waals surface area contributed by atoms with Crippen molar-refractivity contribution in [2.75, 3.05) is 0 Å². The molecular formula is C12H17N. The summed E-state index contributed by atoms with van der Waals surface area (Å²) < 4.78 is 0. The minimum Gasteiger partial charge on any atom is -0.261 e. The summed E-state index contributed by atoms with van der Waals surface area (Å²) in [6, 6.07) is 6.46. The first-order valence-electron chi connectivity index (χ1n) is 4.74. The molecule has 0 fully saturated rings.